The first kappa shape index (κ1) is 23.6. The molecule has 0 spiro atoms. The van der Waals surface area contributed by atoms with Gasteiger partial charge in [-0.25, -0.2) is 0 Å². The summed E-state index contributed by atoms with van der Waals surface area (Å²) in [5.74, 6) is 1.99. The van der Waals surface area contributed by atoms with E-state index in [1.165, 1.54) is 0 Å². The highest BCUT2D eigenvalue weighted by Gasteiger charge is 2.21. The molecule has 154 valence electrons. The van der Waals surface area contributed by atoms with Crippen molar-refractivity contribution in [1.82, 2.24) is 35.2 Å². The minimum absolute atomic E-state index is 0. The Bertz CT molecular complexity index is 596. The van der Waals surface area contributed by atoms with Crippen LogP contribution in [0.1, 0.15) is 26.6 Å². The van der Waals surface area contributed by atoms with E-state index in [1.54, 1.807) is 13.4 Å². The summed E-state index contributed by atoms with van der Waals surface area (Å²) < 4.78 is 2.06. The SMILES string of the molecule is CCc1nncn1CCNC(=NC)N1CCN(CC(=O)NC(C)C)CC1.I. The van der Waals surface area contributed by atoms with Gasteiger partial charge in [0.2, 0.25) is 5.91 Å². The molecule has 2 heterocycles. The van der Waals surface area contributed by atoms with Crippen molar-refractivity contribution in [2.24, 2.45) is 4.99 Å². The zero-order chi connectivity index (χ0) is 18.9. The maximum atomic E-state index is 11.9. The number of aryl methyl sites for hydroxylation is 1. The van der Waals surface area contributed by atoms with Crippen LogP contribution in [0.5, 0.6) is 0 Å². The van der Waals surface area contributed by atoms with Crippen LogP contribution in [0.2, 0.25) is 0 Å². The minimum Gasteiger partial charge on any atom is -0.354 e. The van der Waals surface area contributed by atoms with Crippen molar-refractivity contribution >= 4 is 35.8 Å². The number of hydrogen-bond acceptors (Lipinski definition) is 5. The van der Waals surface area contributed by atoms with Gasteiger partial charge >= 0.3 is 0 Å². The largest absolute Gasteiger partial charge is 0.354 e. The number of piperazine rings is 1. The predicted molar refractivity (Wildman–Crippen MR) is 117 cm³/mol. The number of aliphatic imine (C=N–C) groups is 1. The number of carbonyl (C=O) groups is 1. The monoisotopic (exact) mass is 492 g/mol. The lowest BCUT2D eigenvalue weighted by molar-refractivity contribution is -0.123. The lowest BCUT2D eigenvalue weighted by atomic mass is 10.3. The first-order valence-electron chi connectivity index (χ1n) is 9.37. The van der Waals surface area contributed by atoms with Crippen LogP contribution in [0.4, 0.5) is 0 Å². The van der Waals surface area contributed by atoms with Crippen molar-refractivity contribution in [1.29, 1.82) is 0 Å². The molecule has 0 aliphatic carbocycles. The van der Waals surface area contributed by atoms with E-state index in [2.05, 4.69) is 47.1 Å². The molecule has 1 fully saturated rings. The number of amides is 1. The number of carbonyl (C=O) groups excluding carboxylic acids is 1. The molecule has 27 heavy (non-hydrogen) atoms. The van der Waals surface area contributed by atoms with Gasteiger partial charge in [0.25, 0.3) is 0 Å². The number of halogens is 1. The van der Waals surface area contributed by atoms with E-state index in [1.807, 2.05) is 13.8 Å². The molecular formula is C17H33IN8O. The lowest BCUT2D eigenvalue weighted by Gasteiger charge is -2.36. The maximum absolute atomic E-state index is 11.9. The Morgan fingerprint density at radius 2 is 2.00 bits per heavy atom. The van der Waals surface area contributed by atoms with Crippen LogP contribution in [0, 0.1) is 0 Å². The Hall–Kier alpha value is -1.43. The standard InChI is InChI=1S/C17H32N8O.HI/c1-5-15-22-20-13-25(15)7-6-19-17(18-4)24-10-8-23(9-11-24)12-16(26)21-14(2)3;/h13-14H,5-12H2,1-4H3,(H,18,19)(H,21,26);1H. The highest BCUT2D eigenvalue weighted by atomic mass is 127. The molecule has 1 aromatic heterocycles. The second-order valence-electron chi connectivity index (χ2n) is 6.75. The van der Waals surface area contributed by atoms with Crippen molar-refractivity contribution < 1.29 is 4.79 Å². The Labute approximate surface area is 179 Å². The molecule has 1 amide bonds. The topological polar surface area (TPSA) is 90.7 Å². The summed E-state index contributed by atoms with van der Waals surface area (Å²) in [7, 11) is 1.81. The highest BCUT2D eigenvalue weighted by Crippen LogP contribution is 2.02. The third-order valence-corrected chi connectivity index (χ3v) is 4.35. The maximum Gasteiger partial charge on any atom is 0.234 e. The minimum atomic E-state index is 0. The van der Waals surface area contributed by atoms with Crippen LogP contribution in [0.15, 0.2) is 11.3 Å². The first-order valence-corrected chi connectivity index (χ1v) is 9.37. The quantitative estimate of drug-likeness (QED) is 0.321. The second-order valence-corrected chi connectivity index (χ2v) is 6.75. The van der Waals surface area contributed by atoms with E-state index in [-0.39, 0.29) is 35.9 Å². The molecule has 0 radical (unpaired) electrons. The van der Waals surface area contributed by atoms with Crippen molar-refractivity contribution in [3.05, 3.63) is 12.2 Å². The fourth-order valence-corrected chi connectivity index (χ4v) is 3.05. The Morgan fingerprint density at radius 1 is 1.30 bits per heavy atom. The summed E-state index contributed by atoms with van der Waals surface area (Å²) in [6, 6.07) is 0.186. The van der Waals surface area contributed by atoms with Gasteiger partial charge in [-0.2, -0.15) is 0 Å². The van der Waals surface area contributed by atoms with Crippen molar-refractivity contribution in [2.75, 3.05) is 46.3 Å². The van der Waals surface area contributed by atoms with E-state index in [4.69, 9.17) is 0 Å². The molecule has 2 N–H and O–H groups in total. The molecular weight excluding hydrogens is 459 g/mol. The normalized spacial score (nSPS) is 15.6. The molecule has 0 unspecified atom stereocenters. The van der Waals surface area contributed by atoms with E-state index < -0.39 is 0 Å². The van der Waals surface area contributed by atoms with Crippen molar-refractivity contribution in [2.45, 2.75) is 39.8 Å². The van der Waals surface area contributed by atoms with Gasteiger partial charge in [-0.1, -0.05) is 6.92 Å². The molecule has 1 aliphatic heterocycles. The van der Waals surface area contributed by atoms with Crippen LogP contribution in [-0.4, -0.2) is 88.8 Å². The summed E-state index contributed by atoms with van der Waals surface area (Å²) >= 11 is 0. The summed E-state index contributed by atoms with van der Waals surface area (Å²) in [6.45, 7) is 11.5. The molecule has 10 heteroatoms. The van der Waals surface area contributed by atoms with E-state index in [0.717, 1.165) is 57.5 Å². The summed E-state index contributed by atoms with van der Waals surface area (Å²) in [4.78, 5) is 20.7. The number of rotatable bonds is 7. The molecule has 2 rings (SSSR count). The number of guanidine groups is 1. The van der Waals surface area contributed by atoms with E-state index >= 15 is 0 Å². The molecule has 0 aromatic carbocycles. The average Bonchev–Trinajstić information content (AvgIpc) is 3.06. The summed E-state index contributed by atoms with van der Waals surface area (Å²) in [5, 5.41) is 14.4. The van der Waals surface area contributed by atoms with E-state index in [0.29, 0.717) is 6.54 Å². The van der Waals surface area contributed by atoms with Gasteiger partial charge in [-0.05, 0) is 13.8 Å². The predicted octanol–water partition coefficient (Wildman–Crippen LogP) is 0.176. The van der Waals surface area contributed by atoms with Gasteiger partial charge in [0.05, 0.1) is 6.54 Å². The first-order chi connectivity index (χ1) is 12.5. The Balaban J connectivity index is 0.00000364. The molecule has 0 atom stereocenters. The summed E-state index contributed by atoms with van der Waals surface area (Å²) in [6.07, 6.45) is 2.64. The van der Waals surface area contributed by atoms with Crippen LogP contribution in [-0.2, 0) is 17.8 Å². The Morgan fingerprint density at radius 3 is 2.59 bits per heavy atom. The Kier molecular flexibility index (Phi) is 10.6. The van der Waals surface area contributed by atoms with Gasteiger partial charge in [-0.3, -0.25) is 14.7 Å². The zero-order valence-electron chi connectivity index (χ0n) is 16.8. The van der Waals surface area contributed by atoms with Gasteiger partial charge in [0.1, 0.15) is 12.2 Å². The van der Waals surface area contributed by atoms with E-state index in [9.17, 15) is 4.79 Å². The molecule has 1 saturated heterocycles. The number of hydrogen-bond donors (Lipinski definition) is 2. The molecule has 1 aliphatic rings. The zero-order valence-corrected chi connectivity index (χ0v) is 19.1. The van der Waals surface area contributed by atoms with Crippen LogP contribution in [0.25, 0.3) is 0 Å². The van der Waals surface area contributed by atoms with Gasteiger partial charge < -0.3 is 20.1 Å². The second kappa shape index (κ2) is 12.1. The smallest absolute Gasteiger partial charge is 0.234 e. The van der Waals surface area contributed by atoms with Gasteiger partial charge in [0, 0.05) is 58.8 Å². The molecule has 0 saturated carbocycles. The van der Waals surface area contributed by atoms with Gasteiger partial charge in [-0.15, -0.1) is 34.2 Å². The fraction of sp³-hybridized carbons (Fsp3) is 0.765. The number of nitrogens with one attached hydrogen (secondary N) is 2. The van der Waals surface area contributed by atoms with Crippen LogP contribution in [0.3, 0.4) is 0 Å². The fourth-order valence-electron chi connectivity index (χ4n) is 3.05. The highest BCUT2D eigenvalue weighted by molar-refractivity contribution is 14.0. The average molecular weight is 492 g/mol. The molecule has 1 aromatic rings. The third kappa shape index (κ3) is 7.60. The third-order valence-electron chi connectivity index (χ3n) is 4.35. The molecule has 0 bridgehead atoms. The number of aromatic nitrogens is 3. The van der Waals surface area contributed by atoms with Crippen molar-refractivity contribution in [3.63, 3.8) is 0 Å². The van der Waals surface area contributed by atoms with Crippen LogP contribution >= 0.6 is 24.0 Å². The summed E-state index contributed by atoms with van der Waals surface area (Å²) in [5.41, 5.74) is 0. The van der Waals surface area contributed by atoms with Crippen molar-refractivity contribution in [3.8, 4) is 0 Å². The molecule has 9 nitrogen and oxygen atoms in total. The number of nitrogens with zero attached hydrogens (tertiary/aromatic N) is 6. The lowest BCUT2D eigenvalue weighted by Crippen LogP contribution is -2.54. The van der Waals surface area contributed by atoms with Gasteiger partial charge in [0.15, 0.2) is 5.96 Å². The van der Waals surface area contributed by atoms with Crippen LogP contribution < -0.4 is 10.6 Å².